The summed E-state index contributed by atoms with van der Waals surface area (Å²) in [5.74, 6) is -2.02. The molecule has 5 heteroatoms. The second-order valence-electron chi connectivity index (χ2n) is 4.48. The average molecular weight is 257 g/mol. The first kappa shape index (κ1) is 14.6. The van der Waals surface area contributed by atoms with Crippen LogP contribution in [0.4, 0.5) is 8.78 Å². The summed E-state index contributed by atoms with van der Waals surface area (Å²) in [4.78, 5) is 12.4. The lowest BCUT2D eigenvalue weighted by Crippen LogP contribution is -2.37. The number of carboxylic acids is 1. The number of carboxylic acid groups (broad SMARTS) is 1. The third-order valence-electron chi connectivity index (χ3n) is 3.31. The van der Waals surface area contributed by atoms with Crippen molar-refractivity contribution in [3.05, 3.63) is 34.9 Å². The number of carbonyl (C=O) groups is 1. The molecule has 0 aromatic heterocycles. The molecule has 2 unspecified atom stereocenters. The molecule has 0 saturated carbocycles. The van der Waals surface area contributed by atoms with Gasteiger partial charge in [-0.15, -0.1) is 0 Å². The first-order valence-corrected chi connectivity index (χ1v) is 5.66. The van der Waals surface area contributed by atoms with E-state index in [4.69, 9.17) is 5.11 Å². The van der Waals surface area contributed by atoms with Gasteiger partial charge in [0.05, 0.1) is 0 Å². The van der Waals surface area contributed by atoms with E-state index in [-0.39, 0.29) is 11.1 Å². The molecule has 1 N–H and O–H groups in total. The molecule has 2 atom stereocenters. The normalized spacial score (nSPS) is 14.6. The van der Waals surface area contributed by atoms with Gasteiger partial charge in [0.25, 0.3) is 0 Å². The van der Waals surface area contributed by atoms with Gasteiger partial charge in [0.15, 0.2) is 0 Å². The molecule has 0 heterocycles. The number of rotatable bonds is 4. The van der Waals surface area contributed by atoms with E-state index in [1.165, 1.54) is 18.7 Å². The van der Waals surface area contributed by atoms with E-state index in [2.05, 4.69) is 0 Å². The molecule has 1 aromatic rings. The lowest BCUT2D eigenvalue weighted by molar-refractivity contribution is -0.142. The summed E-state index contributed by atoms with van der Waals surface area (Å²) in [6, 6.07) is 0.955. The van der Waals surface area contributed by atoms with E-state index < -0.39 is 29.7 Å². The Balaban J connectivity index is 3.07. The predicted molar refractivity (Wildman–Crippen MR) is 64.4 cm³/mol. The fraction of sp³-hybridized carbons (Fsp3) is 0.462. The van der Waals surface area contributed by atoms with Gasteiger partial charge in [0.2, 0.25) is 0 Å². The van der Waals surface area contributed by atoms with Gasteiger partial charge in [-0.05, 0) is 45.5 Å². The monoisotopic (exact) mass is 257 g/mol. The highest BCUT2D eigenvalue weighted by atomic mass is 19.1. The maximum Gasteiger partial charge on any atom is 0.320 e. The van der Waals surface area contributed by atoms with Crippen molar-refractivity contribution >= 4 is 5.97 Å². The van der Waals surface area contributed by atoms with Gasteiger partial charge in [0.1, 0.15) is 17.7 Å². The maximum absolute atomic E-state index is 13.8. The van der Waals surface area contributed by atoms with Crippen LogP contribution in [0.15, 0.2) is 12.1 Å². The zero-order chi connectivity index (χ0) is 14.0. The molecule has 0 bridgehead atoms. The van der Waals surface area contributed by atoms with Gasteiger partial charge in [-0.3, -0.25) is 9.69 Å². The Bertz CT molecular complexity index is 463. The van der Waals surface area contributed by atoms with E-state index >= 15 is 0 Å². The molecule has 0 spiro atoms. The fourth-order valence-corrected chi connectivity index (χ4v) is 1.71. The Morgan fingerprint density at radius 2 is 1.83 bits per heavy atom. The number of benzene rings is 1. The largest absolute Gasteiger partial charge is 0.480 e. The SMILES string of the molecule is Cc1cc(F)c(C(C)N(C)C(C)C(=O)O)cc1F. The van der Waals surface area contributed by atoms with Crippen LogP contribution in [0.1, 0.15) is 31.0 Å². The van der Waals surface area contributed by atoms with Crippen molar-refractivity contribution < 1.29 is 18.7 Å². The molecule has 0 aliphatic rings. The number of hydrogen-bond acceptors (Lipinski definition) is 2. The Morgan fingerprint density at radius 3 is 2.33 bits per heavy atom. The molecular formula is C13H17F2NO2. The van der Waals surface area contributed by atoms with Crippen LogP contribution in [-0.2, 0) is 4.79 Å². The van der Waals surface area contributed by atoms with Crippen LogP contribution in [0.3, 0.4) is 0 Å². The average Bonchev–Trinajstić information content (AvgIpc) is 2.30. The number of likely N-dealkylation sites (N-methyl/N-ethyl adjacent to an activating group) is 1. The van der Waals surface area contributed by atoms with Crippen LogP contribution in [0, 0.1) is 18.6 Å². The van der Waals surface area contributed by atoms with E-state index in [1.807, 2.05) is 0 Å². The van der Waals surface area contributed by atoms with Gasteiger partial charge in [0, 0.05) is 11.6 Å². The topological polar surface area (TPSA) is 40.5 Å². The van der Waals surface area contributed by atoms with Gasteiger partial charge in [-0.2, -0.15) is 0 Å². The van der Waals surface area contributed by atoms with E-state index in [1.54, 1.807) is 14.0 Å². The zero-order valence-electron chi connectivity index (χ0n) is 10.9. The summed E-state index contributed by atoms with van der Waals surface area (Å²) in [7, 11) is 1.57. The number of halogens is 2. The third-order valence-corrected chi connectivity index (χ3v) is 3.31. The predicted octanol–water partition coefficient (Wildman–Crippen LogP) is 2.74. The Labute approximate surface area is 105 Å². The number of nitrogens with zero attached hydrogens (tertiary/aromatic N) is 1. The van der Waals surface area contributed by atoms with Crippen LogP contribution in [-0.4, -0.2) is 29.1 Å². The van der Waals surface area contributed by atoms with Crippen LogP contribution in [0.25, 0.3) is 0 Å². The van der Waals surface area contributed by atoms with Crippen LogP contribution >= 0.6 is 0 Å². The highest BCUT2D eigenvalue weighted by Gasteiger charge is 2.25. The third kappa shape index (κ3) is 2.85. The standard InChI is InChI=1S/C13H17F2NO2/c1-7-5-12(15)10(6-11(7)14)8(2)16(4)9(3)13(17)18/h5-6,8-9H,1-4H3,(H,17,18). The molecule has 1 aromatic carbocycles. The molecule has 0 radical (unpaired) electrons. The first-order chi connectivity index (χ1) is 8.25. The smallest absolute Gasteiger partial charge is 0.320 e. The lowest BCUT2D eigenvalue weighted by Gasteiger charge is -2.28. The number of hydrogen-bond donors (Lipinski definition) is 1. The van der Waals surface area contributed by atoms with Crippen molar-refractivity contribution in [1.29, 1.82) is 0 Å². The molecule has 0 aliphatic heterocycles. The van der Waals surface area contributed by atoms with Crippen LogP contribution in [0.5, 0.6) is 0 Å². The van der Waals surface area contributed by atoms with E-state index in [0.29, 0.717) is 0 Å². The maximum atomic E-state index is 13.8. The first-order valence-electron chi connectivity index (χ1n) is 5.66. The summed E-state index contributed by atoms with van der Waals surface area (Å²) in [5, 5.41) is 8.91. The van der Waals surface area contributed by atoms with E-state index in [9.17, 15) is 13.6 Å². The van der Waals surface area contributed by atoms with Gasteiger partial charge < -0.3 is 5.11 Å². The van der Waals surface area contributed by atoms with Gasteiger partial charge >= 0.3 is 5.97 Å². The van der Waals surface area contributed by atoms with Crippen molar-refractivity contribution in [2.45, 2.75) is 32.9 Å². The van der Waals surface area contributed by atoms with Gasteiger partial charge in [-0.1, -0.05) is 0 Å². The summed E-state index contributed by atoms with van der Waals surface area (Å²) in [6.07, 6.45) is 0. The molecule has 18 heavy (non-hydrogen) atoms. The second kappa shape index (κ2) is 5.44. The highest BCUT2D eigenvalue weighted by Crippen LogP contribution is 2.25. The minimum atomic E-state index is -1.00. The molecule has 1 rings (SSSR count). The van der Waals surface area contributed by atoms with Crippen molar-refractivity contribution in [2.75, 3.05) is 7.05 Å². The summed E-state index contributed by atoms with van der Waals surface area (Å²) in [6.45, 7) is 4.63. The minimum absolute atomic E-state index is 0.161. The quantitative estimate of drug-likeness (QED) is 0.901. The molecule has 0 aliphatic carbocycles. The summed E-state index contributed by atoms with van der Waals surface area (Å²) in [5.41, 5.74) is 0.395. The Hall–Kier alpha value is -1.49. The summed E-state index contributed by atoms with van der Waals surface area (Å²) < 4.78 is 27.2. The van der Waals surface area contributed by atoms with Crippen LogP contribution in [0.2, 0.25) is 0 Å². The number of aryl methyl sites for hydroxylation is 1. The fourth-order valence-electron chi connectivity index (χ4n) is 1.71. The second-order valence-corrected chi connectivity index (χ2v) is 4.48. The van der Waals surface area contributed by atoms with Gasteiger partial charge in [-0.25, -0.2) is 8.78 Å². The van der Waals surface area contributed by atoms with Crippen molar-refractivity contribution in [3.63, 3.8) is 0 Å². The molecule has 0 saturated heterocycles. The Kier molecular flexibility index (Phi) is 4.40. The van der Waals surface area contributed by atoms with Crippen molar-refractivity contribution in [2.24, 2.45) is 0 Å². The minimum Gasteiger partial charge on any atom is -0.480 e. The van der Waals surface area contributed by atoms with Crippen LogP contribution < -0.4 is 0 Å². The number of aliphatic carboxylic acids is 1. The molecule has 0 amide bonds. The molecular weight excluding hydrogens is 240 g/mol. The zero-order valence-corrected chi connectivity index (χ0v) is 10.9. The Morgan fingerprint density at radius 1 is 1.28 bits per heavy atom. The molecule has 3 nitrogen and oxygen atoms in total. The molecule has 100 valence electrons. The van der Waals surface area contributed by atoms with E-state index in [0.717, 1.165) is 12.1 Å². The lowest BCUT2D eigenvalue weighted by atomic mass is 10.0. The highest BCUT2D eigenvalue weighted by molar-refractivity contribution is 5.72. The molecule has 0 fully saturated rings. The summed E-state index contributed by atoms with van der Waals surface area (Å²) >= 11 is 0. The van der Waals surface area contributed by atoms with Crippen molar-refractivity contribution in [1.82, 2.24) is 4.90 Å². The van der Waals surface area contributed by atoms with Crippen molar-refractivity contribution in [3.8, 4) is 0 Å².